The van der Waals surface area contributed by atoms with Gasteiger partial charge in [-0.05, 0) is 35.4 Å². The molecule has 0 radical (unpaired) electrons. The van der Waals surface area contributed by atoms with Crippen LogP contribution in [0.1, 0.15) is 18.1 Å². The van der Waals surface area contributed by atoms with E-state index in [9.17, 15) is 18.8 Å². The number of halogens is 2. The summed E-state index contributed by atoms with van der Waals surface area (Å²) in [5.41, 5.74) is 6.67. The van der Waals surface area contributed by atoms with Crippen molar-refractivity contribution in [2.45, 2.75) is 31.8 Å². The fraction of sp³-hybridized carbons (Fsp3) is 0.250. The van der Waals surface area contributed by atoms with Gasteiger partial charge in [0.25, 0.3) is 0 Å². The number of carbonyl (C=O) groups is 3. The van der Waals surface area contributed by atoms with Gasteiger partial charge in [-0.15, -0.1) is 0 Å². The Labute approximate surface area is 167 Å². The Balaban J connectivity index is 2.14. The maximum atomic E-state index is 13.4. The number of benzene rings is 2. The van der Waals surface area contributed by atoms with E-state index in [2.05, 4.69) is 10.6 Å². The third-order valence-corrected chi connectivity index (χ3v) is 4.25. The molecular weight excluding hydrogens is 385 g/mol. The molecule has 0 unspecified atom stereocenters. The number of nitrogens with one attached hydrogen (secondary N) is 2. The quantitative estimate of drug-likeness (QED) is 0.623. The monoisotopic (exact) mass is 405 g/mol. The summed E-state index contributed by atoms with van der Waals surface area (Å²) in [5, 5.41) is 5.57. The lowest BCUT2D eigenvalue weighted by Gasteiger charge is -2.22. The number of primary amides is 1. The highest BCUT2D eigenvalue weighted by molar-refractivity contribution is 6.30. The van der Waals surface area contributed by atoms with Crippen LogP contribution >= 0.6 is 11.6 Å². The molecule has 2 rings (SSSR count). The summed E-state index contributed by atoms with van der Waals surface area (Å²) in [4.78, 5) is 36.0. The van der Waals surface area contributed by atoms with Crippen LogP contribution in [0.5, 0.6) is 0 Å². The maximum Gasteiger partial charge on any atom is 0.243 e. The first-order valence-electron chi connectivity index (χ1n) is 8.60. The predicted octanol–water partition coefficient (Wildman–Crippen LogP) is 1.74. The average molecular weight is 406 g/mol. The number of hydrogen-bond donors (Lipinski definition) is 3. The van der Waals surface area contributed by atoms with E-state index in [-0.39, 0.29) is 12.8 Å². The molecule has 6 nitrogen and oxygen atoms in total. The van der Waals surface area contributed by atoms with E-state index < -0.39 is 35.6 Å². The topological polar surface area (TPSA) is 101 Å². The number of hydrogen-bond acceptors (Lipinski definition) is 3. The summed E-state index contributed by atoms with van der Waals surface area (Å²) in [6.45, 7) is 1.27. The van der Waals surface area contributed by atoms with Gasteiger partial charge in [0.1, 0.15) is 17.9 Å². The first kappa shape index (κ1) is 21.4. The van der Waals surface area contributed by atoms with Crippen LogP contribution in [0, 0.1) is 5.82 Å². The highest BCUT2D eigenvalue weighted by Crippen LogP contribution is 2.13. The molecule has 2 aromatic rings. The van der Waals surface area contributed by atoms with Crippen molar-refractivity contribution in [1.29, 1.82) is 0 Å². The van der Waals surface area contributed by atoms with E-state index in [1.807, 2.05) is 0 Å². The molecule has 3 amide bonds. The molecule has 0 spiro atoms. The van der Waals surface area contributed by atoms with Crippen LogP contribution in [0.2, 0.25) is 5.02 Å². The van der Waals surface area contributed by atoms with Crippen LogP contribution < -0.4 is 16.4 Å². The molecule has 0 saturated heterocycles. The maximum absolute atomic E-state index is 13.4. The molecule has 0 aliphatic heterocycles. The van der Waals surface area contributed by atoms with Gasteiger partial charge < -0.3 is 16.4 Å². The van der Waals surface area contributed by atoms with E-state index in [4.69, 9.17) is 17.3 Å². The van der Waals surface area contributed by atoms with Gasteiger partial charge in [0.05, 0.1) is 0 Å². The van der Waals surface area contributed by atoms with Crippen LogP contribution in [-0.4, -0.2) is 29.8 Å². The summed E-state index contributed by atoms with van der Waals surface area (Å²) >= 11 is 5.94. The smallest absolute Gasteiger partial charge is 0.243 e. The molecule has 2 aromatic carbocycles. The van der Waals surface area contributed by atoms with Crippen molar-refractivity contribution in [1.82, 2.24) is 10.6 Å². The van der Waals surface area contributed by atoms with E-state index in [0.29, 0.717) is 10.6 Å². The van der Waals surface area contributed by atoms with Gasteiger partial charge in [0.15, 0.2) is 0 Å². The third-order valence-electron chi connectivity index (χ3n) is 4.01. The van der Waals surface area contributed by atoms with Crippen molar-refractivity contribution >= 4 is 29.3 Å². The minimum absolute atomic E-state index is 0.0613. The Morgan fingerprint density at radius 1 is 1.00 bits per heavy atom. The Morgan fingerprint density at radius 3 is 2.18 bits per heavy atom. The minimum atomic E-state index is -0.991. The van der Waals surface area contributed by atoms with Crippen molar-refractivity contribution in [3.63, 3.8) is 0 Å². The molecule has 2 atom stereocenters. The minimum Gasteiger partial charge on any atom is -0.368 e. The predicted molar refractivity (Wildman–Crippen MR) is 104 cm³/mol. The molecule has 0 aliphatic rings. The van der Waals surface area contributed by atoms with Crippen molar-refractivity contribution in [2.75, 3.05) is 0 Å². The summed E-state index contributed by atoms with van der Waals surface area (Å²) in [6, 6.07) is 10.6. The third kappa shape index (κ3) is 6.66. The fourth-order valence-electron chi connectivity index (χ4n) is 2.75. The van der Waals surface area contributed by atoms with Crippen molar-refractivity contribution in [2.24, 2.45) is 5.73 Å². The van der Waals surface area contributed by atoms with E-state index in [0.717, 1.165) is 5.56 Å². The zero-order chi connectivity index (χ0) is 20.7. The molecular formula is C20H21ClFN3O3. The second-order valence-electron chi connectivity index (χ2n) is 6.38. The highest BCUT2D eigenvalue weighted by Gasteiger charge is 2.25. The Bertz CT molecular complexity index is 875. The first-order chi connectivity index (χ1) is 13.2. The largest absolute Gasteiger partial charge is 0.368 e. The van der Waals surface area contributed by atoms with Gasteiger partial charge in [-0.3, -0.25) is 14.4 Å². The summed E-state index contributed by atoms with van der Waals surface area (Å²) in [5.74, 6) is -2.19. The molecule has 4 N–H and O–H groups in total. The Kier molecular flexibility index (Phi) is 7.52. The van der Waals surface area contributed by atoms with Crippen molar-refractivity contribution in [3.8, 4) is 0 Å². The summed E-state index contributed by atoms with van der Waals surface area (Å²) in [7, 11) is 0. The average Bonchev–Trinajstić information content (AvgIpc) is 2.60. The van der Waals surface area contributed by atoms with Crippen molar-refractivity contribution < 1.29 is 18.8 Å². The second-order valence-corrected chi connectivity index (χ2v) is 6.82. The van der Waals surface area contributed by atoms with Gasteiger partial charge in [-0.2, -0.15) is 0 Å². The van der Waals surface area contributed by atoms with E-state index >= 15 is 0 Å². The van der Waals surface area contributed by atoms with Gasteiger partial charge in [0, 0.05) is 24.8 Å². The lowest BCUT2D eigenvalue weighted by Crippen LogP contribution is -2.54. The van der Waals surface area contributed by atoms with Gasteiger partial charge in [0.2, 0.25) is 17.7 Å². The molecule has 28 heavy (non-hydrogen) atoms. The Hall–Kier alpha value is -2.93. The molecule has 0 saturated carbocycles. The number of carbonyl (C=O) groups excluding carboxylic acids is 3. The molecule has 0 bridgehead atoms. The second kappa shape index (κ2) is 9.85. The lowest BCUT2D eigenvalue weighted by atomic mass is 10.0. The summed E-state index contributed by atoms with van der Waals surface area (Å²) < 4.78 is 13.4. The van der Waals surface area contributed by atoms with E-state index in [1.165, 1.54) is 25.1 Å². The van der Waals surface area contributed by atoms with Crippen LogP contribution in [0.3, 0.4) is 0 Å². The first-order valence-corrected chi connectivity index (χ1v) is 8.98. The standard InChI is InChI=1S/C20H21ClFN3O3/c1-12(26)24-18(11-14-5-3-7-16(22)9-14)20(28)25-17(19(23)27)10-13-4-2-6-15(21)8-13/h2-9,17-18H,10-11H2,1H3,(H2,23,27)(H,24,26)(H,25,28)/t17-,18+/m1/s1. The number of rotatable bonds is 8. The van der Waals surface area contributed by atoms with Gasteiger partial charge in [-0.1, -0.05) is 35.9 Å². The molecule has 0 fully saturated rings. The van der Waals surface area contributed by atoms with Gasteiger partial charge >= 0.3 is 0 Å². The SMILES string of the molecule is CC(=O)N[C@@H](Cc1cccc(F)c1)C(=O)N[C@H](Cc1cccc(Cl)c1)C(N)=O. The fourth-order valence-corrected chi connectivity index (χ4v) is 2.96. The highest BCUT2D eigenvalue weighted by atomic mass is 35.5. The van der Waals surface area contributed by atoms with Crippen LogP contribution in [-0.2, 0) is 27.2 Å². The zero-order valence-electron chi connectivity index (χ0n) is 15.2. The number of nitrogens with two attached hydrogens (primary N) is 1. The summed E-state index contributed by atoms with van der Waals surface area (Å²) in [6.07, 6.45) is 0.209. The normalized spacial score (nSPS) is 12.7. The van der Waals surface area contributed by atoms with Crippen LogP contribution in [0.4, 0.5) is 4.39 Å². The molecule has 0 aliphatic carbocycles. The Morgan fingerprint density at radius 2 is 1.61 bits per heavy atom. The van der Waals surface area contributed by atoms with Crippen molar-refractivity contribution in [3.05, 3.63) is 70.5 Å². The zero-order valence-corrected chi connectivity index (χ0v) is 16.0. The van der Waals surface area contributed by atoms with Crippen LogP contribution in [0.15, 0.2) is 48.5 Å². The molecule has 148 valence electrons. The lowest BCUT2D eigenvalue weighted by molar-refractivity contribution is -0.130. The molecule has 0 aromatic heterocycles. The molecule has 0 heterocycles. The number of amides is 3. The van der Waals surface area contributed by atoms with E-state index in [1.54, 1.807) is 30.3 Å². The molecule has 8 heteroatoms. The van der Waals surface area contributed by atoms with Gasteiger partial charge in [-0.25, -0.2) is 4.39 Å². The van der Waals surface area contributed by atoms with Crippen LogP contribution in [0.25, 0.3) is 0 Å².